The topological polar surface area (TPSA) is 46.7 Å². The summed E-state index contributed by atoms with van der Waals surface area (Å²) in [5.74, 6) is 0.655. The Morgan fingerprint density at radius 1 is 0.632 bits per heavy atom. The summed E-state index contributed by atoms with van der Waals surface area (Å²) in [5, 5.41) is 0. The summed E-state index contributed by atoms with van der Waals surface area (Å²) in [6.45, 7) is 0. The first-order chi connectivity index (χ1) is 9.25. The van der Waals surface area contributed by atoms with E-state index in [-0.39, 0.29) is 0 Å². The van der Waals surface area contributed by atoms with E-state index in [2.05, 4.69) is 0 Å². The van der Waals surface area contributed by atoms with E-state index in [0.717, 1.165) is 38.5 Å². The summed E-state index contributed by atoms with van der Waals surface area (Å²) in [6.07, 6.45) is 12.0. The molecule has 1 saturated carbocycles. The van der Waals surface area contributed by atoms with Gasteiger partial charge in [-0.25, -0.2) is 0 Å². The smallest absolute Gasteiger partial charge is 0.132 e. The van der Waals surface area contributed by atoms with Gasteiger partial charge in [0.1, 0.15) is 11.6 Å². The summed E-state index contributed by atoms with van der Waals surface area (Å²) in [6, 6.07) is 0. The van der Waals surface area contributed by atoms with Crippen LogP contribution in [0.5, 0.6) is 0 Å². The second kappa shape index (κ2) is 7.78. The van der Waals surface area contributed by atoms with Crippen molar-refractivity contribution in [3.8, 4) is 0 Å². The van der Waals surface area contributed by atoms with Crippen molar-refractivity contribution >= 4 is 11.6 Å². The molecule has 1 saturated heterocycles. The number of rotatable bonds is 0. The van der Waals surface area contributed by atoms with E-state index in [4.69, 9.17) is 4.74 Å². The Hall–Kier alpha value is -0.700. The monoisotopic (exact) mass is 266 g/mol. The number of fused-ring (bicyclic) bond motifs is 1. The van der Waals surface area contributed by atoms with Crippen LogP contribution >= 0.6 is 0 Å². The van der Waals surface area contributed by atoms with Gasteiger partial charge in [0.25, 0.3) is 0 Å². The molecule has 2 unspecified atom stereocenters. The highest BCUT2D eigenvalue weighted by Gasteiger charge is 2.37. The van der Waals surface area contributed by atoms with Gasteiger partial charge in [-0.3, -0.25) is 9.59 Å². The fourth-order valence-electron chi connectivity index (χ4n) is 2.94. The molecule has 1 aliphatic carbocycles. The van der Waals surface area contributed by atoms with E-state index in [1.54, 1.807) is 0 Å². The number of hydrogen-bond donors (Lipinski definition) is 0. The fraction of sp³-hybridized carbons (Fsp3) is 0.875. The molecule has 0 aromatic carbocycles. The highest BCUT2D eigenvalue weighted by Crippen LogP contribution is 2.31. The molecular weight excluding hydrogens is 240 g/mol. The summed E-state index contributed by atoms with van der Waals surface area (Å²) >= 11 is 0. The number of carbonyl (C=O) groups excluding carboxylic acids is 2. The highest BCUT2D eigenvalue weighted by atomic mass is 16.6. The Morgan fingerprint density at radius 2 is 1.16 bits per heavy atom. The van der Waals surface area contributed by atoms with E-state index >= 15 is 0 Å². The van der Waals surface area contributed by atoms with Crippen LogP contribution in [0.25, 0.3) is 0 Å². The molecule has 0 aromatic rings. The van der Waals surface area contributed by atoms with Gasteiger partial charge in [-0.05, 0) is 32.1 Å². The number of ketones is 2. The second-order valence-electron chi connectivity index (χ2n) is 5.99. The predicted octanol–water partition coefficient (Wildman–Crippen LogP) is 3.59. The third-order valence-electron chi connectivity index (χ3n) is 4.24. The van der Waals surface area contributed by atoms with Gasteiger partial charge >= 0.3 is 0 Å². The number of Topliss-reactive ketones (excluding diaryl/α,β-unsaturated/α-hetero) is 2. The third-order valence-corrected chi connectivity index (χ3v) is 4.24. The normalized spacial score (nSPS) is 31.8. The minimum Gasteiger partial charge on any atom is -0.370 e. The molecule has 0 bridgehead atoms. The average molecular weight is 266 g/mol. The Morgan fingerprint density at radius 3 is 1.89 bits per heavy atom. The molecule has 1 aliphatic heterocycles. The summed E-state index contributed by atoms with van der Waals surface area (Å²) < 4.78 is 5.63. The zero-order chi connectivity index (χ0) is 13.5. The van der Waals surface area contributed by atoms with E-state index in [0.29, 0.717) is 49.5 Å². The van der Waals surface area contributed by atoms with Crippen molar-refractivity contribution in [1.29, 1.82) is 0 Å². The van der Waals surface area contributed by atoms with Crippen LogP contribution in [0.3, 0.4) is 0 Å². The van der Waals surface area contributed by atoms with Crippen molar-refractivity contribution in [1.82, 2.24) is 0 Å². The quantitative estimate of drug-likeness (QED) is 0.629. The first kappa shape index (κ1) is 14.7. The Labute approximate surface area is 116 Å². The van der Waals surface area contributed by atoms with Crippen molar-refractivity contribution in [2.24, 2.45) is 0 Å². The lowest BCUT2D eigenvalue weighted by molar-refractivity contribution is -0.120. The van der Waals surface area contributed by atoms with E-state index in [1.165, 1.54) is 12.8 Å². The standard InChI is InChI=1S/C16H26O3/c17-13-7-3-1-2-4-11-15-16(19-15)12-6-10-14(18)9-5-8-13/h15-16H,1-12H2. The second-order valence-corrected chi connectivity index (χ2v) is 5.99. The van der Waals surface area contributed by atoms with Crippen LogP contribution in [0.15, 0.2) is 0 Å². The maximum Gasteiger partial charge on any atom is 0.132 e. The van der Waals surface area contributed by atoms with Crippen LogP contribution in [0.1, 0.15) is 77.0 Å². The molecule has 0 radical (unpaired) electrons. The van der Waals surface area contributed by atoms with Crippen LogP contribution in [-0.2, 0) is 14.3 Å². The zero-order valence-corrected chi connectivity index (χ0v) is 11.9. The molecule has 0 amide bonds. The van der Waals surface area contributed by atoms with Crippen LogP contribution in [0.4, 0.5) is 0 Å². The zero-order valence-electron chi connectivity index (χ0n) is 11.9. The van der Waals surface area contributed by atoms with Gasteiger partial charge < -0.3 is 4.74 Å². The molecule has 2 aliphatic rings. The minimum atomic E-state index is 0.317. The molecule has 0 spiro atoms. The van der Waals surface area contributed by atoms with Gasteiger partial charge in [-0.1, -0.05) is 19.3 Å². The molecule has 1 heterocycles. The SMILES string of the molecule is O=C1CCCCCCC2OC2CCCC(=O)CCC1. The molecule has 3 heteroatoms. The predicted molar refractivity (Wildman–Crippen MR) is 74.1 cm³/mol. The summed E-state index contributed by atoms with van der Waals surface area (Å²) in [7, 11) is 0. The Balaban J connectivity index is 1.71. The van der Waals surface area contributed by atoms with Crippen molar-refractivity contribution in [2.45, 2.75) is 89.3 Å². The molecule has 0 N–H and O–H groups in total. The highest BCUT2D eigenvalue weighted by molar-refractivity contribution is 5.81. The first-order valence-corrected chi connectivity index (χ1v) is 7.94. The number of ether oxygens (including phenoxy) is 1. The maximum absolute atomic E-state index is 11.7. The molecule has 108 valence electrons. The van der Waals surface area contributed by atoms with Crippen molar-refractivity contribution < 1.29 is 14.3 Å². The lowest BCUT2D eigenvalue weighted by Crippen LogP contribution is -2.04. The maximum atomic E-state index is 11.7. The van der Waals surface area contributed by atoms with Gasteiger partial charge in [0.15, 0.2) is 0 Å². The van der Waals surface area contributed by atoms with Gasteiger partial charge in [0, 0.05) is 25.7 Å². The molecule has 2 rings (SSSR count). The molecule has 2 atom stereocenters. The number of carbonyl (C=O) groups is 2. The van der Waals surface area contributed by atoms with Crippen LogP contribution in [0, 0.1) is 0 Å². The van der Waals surface area contributed by atoms with E-state index in [1.807, 2.05) is 0 Å². The van der Waals surface area contributed by atoms with Crippen LogP contribution in [-0.4, -0.2) is 23.8 Å². The third kappa shape index (κ3) is 5.85. The lowest BCUT2D eigenvalue weighted by atomic mass is 10.0. The first-order valence-electron chi connectivity index (χ1n) is 7.94. The van der Waals surface area contributed by atoms with Crippen molar-refractivity contribution in [3.05, 3.63) is 0 Å². The van der Waals surface area contributed by atoms with Gasteiger partial charge in [-0.15, -0.1) is 0 Å². The largest absolute Gasteiger partial charge is 0.370 e. The van der Waals surface area contributed by atoms with Crippen LogP contribution < -0.4 is 0 Å². The summed E-state index contributed by atoms with van der Waals surface area (Å²) in [4.78, 5) is 23.3. The molecule has 3 nitrogen and oxygen atoms in total. The molecule has 19 heavy (non-hydrogen) atoms. The lowest BCUT2D eigenvalue weighted by Gasteiger charge is -2.03. The molecule has 2 fully saturated rings. The van der Waals surface area contributed by atoms with Crippen molar-refractivity contribution in [2.75, 3.05) is 0 Å². The molecular formula is C16H26O3. The van der Waals surface area contributed by atoms with Gasteiger partial charge in [0.2, 0.25) is 0 Å². The molecule has 0 aromatic heterocycles. The number of hydrogen-bond acceptors (Lipinski definition) is 3. The minimum absolute atomic E-state index is 0.317. The number of epoxide rings is 1. The summed E-state index contributed by atoms with van der Waals surface area (Å²) in [5.41, 5.74) is 0. The van der Waals surface area contributed by atoms with Crippen molar-refractivity contribution in [3.63, 3.8) is 0 Å². The van der Waals surface area contributed by atoms with E-state index < -0.39 is 0 Å². The van der Waals surface area contributed by atoms with Gasteiger partial charge in [-0.2, -0.15) is 0 Å². The van der Waals surface area contributed by atoms with Crippen LogP contribution in [0.2, 0.25) is 0 Å². The Bertz CT molecular complexity index is 311. The van der Waals surface area contributed by atoms with E-state index in [9.17, 15) is 9.59 Å². The average Bonchev–Trinajstić information content (AvgIpc) is 3.11. The van der Waals surface area contributed by atoms with Gasteiger partial charge in [0.05, 0.1) is 12.2 Å². The Kier molecular flexibility index (Phi) is 6.02. The fourth-order valence-corrected chi connectivity index (χ4v) is 2.94.